The average Bonchev–Trinajstić information content (AvgIpc) is 2.30. The van der Waals surface area contributed by atoms with Gasteiger partial charge < -0.3 is 5.73 Å². The van der Waals surface area contributed by atoms with E-state index >= 15 is 0 Å². The molecule has 17 heavy (non-hydrogen) atoms. The minimum absolute atomic E-state index is 0. The summed E-state index contributed by atoms with van der Waals surface area (Å²) < 4.78 is 0. The van der Waals surface area contributed by atoms with E-state index in [9.17, 15) is 0 Å². The highest BCUT2D eigenvalue weighted by Gasteiger charge is 2.29. The molecular formula is C15H34IN. The molecule has 2 heteroatoms. The van der Waals surface area contributed by atoms with E-state index in [4.69, 9.17) is 5.73 Å². The van der Waals surface area contributed by atoms with Crippen LogP contribution in [0.5, 0.6) is 0 Å². The topological polar surface area (TPSA) is 26.0 Å². The van der Waals surface area contributed by atoms with Crippen molar-refractivity contribution in [1.29, 1.82) is 0 Å². The predicted molar refractivity (Wildman–Crippen MR) is 90.1 cm³/mol. The second-order valence-electron chi connectivity index (χ2n) is 5.48. The molecule has 0 spiro atoms. The standard InChI is InChI=1S/C15H33N.HI/c1-5-8-11-14(4)15(16,12-9-6-2)13-10-7-3;/h14H,5-13,16H2,1-4H3;1H. The molecule has 0 aromatic heterocycles. The van der Waals surface area contributed by atoms with Crippen LogP contribution >= 0.6 is 24.0 Å². The molecule has 0 radical (unpaired) electrons. The first kappa shape index (κ1) is 20.0. The van der Waals surface area contributed by atoms with Crippen molar-refractivity contribution in [3.8, 4) is 0 Å². The summed E-state index contributed by atoms with van der Waals surface area (Å²) >= 11 is 0. The molecule has 0 heterocycles. The minimum Gasteiger partial charge on any atom is -0.325 e. The van der Waals surface area contributed by atoms with Gasteiger partial charge in [0.25, 0.3) is 0 Å². The Labute approximate surface area is 126 Å². The number of halogens is 1. The van der Waals surface area contributed by atoms with Gasteiger partial charge in [-0.2, -0.15) is 0 Å². The van der Waals surface area contributed by atoms with E-state index in [1.807, 2.05) is 0 Å². The first-order chi connectivity index (χ1) is 7.60. The van der Waals surface area contributed by atoms with E-state index in [2.05, 4.69) is 27.7 Å². The summed E-state index contributed by atoms with van der Waals surface area (Å²) in [6.45, 7) is 9.15. The van der Waals surface area contributed by atoms with Crippen molar-refractivity contribution < 1.29 is 0 Å². The maximum absolute atomic E-state index is 6.65. The fourth-order valence-electron chi connectivity index (χ4n) is 2.43. The maximum Gasteiger partial charge on any atom is 0.0180 e. The second-order valence-corrected chi connectivity index (χ2v) is 5.48. The summed E-state index contributed by atoms with van der Waals surface area (Å²) in [7, 11) is 0. The van der Waals surface area contributed by atoms with Crippen molar-refractivity contribution in [2.75, 3.05) is 0 Å². The van der Waals surface area contributed by atoms with Gasteiger partial charge in [-0.1, -0.05) is 66.2 Å². The third-order valence-electron chi connectivity index (χ3n) is 3.96. The SMILES string of the molecule is CCCCC(C)C(N)(CCCC)CCCC.I. The lowest BCUT2D eigenvalue weighted by molar-refractivity contribution is 0.224. The highest BCUT2D eigenvalue weighted by Crippen LogP contribution is 2.30. The van der Waals surface area contributed by atoms with Crippen molar-refractivity contribution in [2.45, 2.75) is 91.0 Å². The van der Waals surface area contributed by atoms with Gasteiger partial charge >= 0.3 is 0 Å². The van der Waals surface area contributed by atoms with E-state index in [0.717, 1.165) is 0 Å². The molecule has 0 rings (SSSR count). The Hall–Kier alpha value is 0.690. The van der Waals surface area contributed by atoms with E-state index < -0.39 is 0 Å². The van der Waals surface area contributed by atoms with Crippen LogP contribution in [0.15, 0.2) is 0 Å². The Morgan fingerprint density at radius 1 is 0.882 bits per heavy atom. The van der Waals surface area contributed by atoms with Crippen molar-refractivity contribution in [3.05, 3.63) is 0 Å². The zero-order chi connectivity index (χ0) is 12.4. The minimum atomic E-state index is 0. The molecule has 1 nitrogen and oxygen atoms in total. The molecule has 0 aliphatic heterocycles. The van der Waals surface area contributed by atoms with Gasteiger partial charge in [-0.25, -0.2) is 0 Å². The van der Waals surface area contributed by atoms with Gasteiger partial charge in [-0.05, 0) is 25.2 Å². The smallest absolute Gasteiger partial charge is 0.0180 e. The zero-order valence-electron chi connectivity index (χ0n) is 12.4. The van der Waals surface area contributed by atoms with E-state index in [1.54, 1.807) is 0 Å². The van der Waals surface area contributed by atoms with Crippen LogP contribution in [0, 0.1) is 5.92 Å². The molecule has 0 saturated carbocycles. The lowest BCUT2D eigenvalue weighted by atomic mass is 9.76. The van der Waals surface area contributed by atoms with E-state index in [-0.39, 0.29) is 29.5 Å². The maximum atomic E-state index is 6.65. The predicted octanol–water partition coefficient (Wildman–Crippen LogP) is 5.51. The van der Waals surface area contributed by atoms with Crippen LogP contribution in [0.2, 0.25) is 0 Å². The van der Waals surface area contributed by atoms with Gasteiger partial charge in [0.1, 0.15) is 0 Å². The molecule has 0 bridgehead atoms. The van der Waals surface area contributed by atoms with Crippen molar-refractivity contribution in [1.82, 2.24) is 0 Å². The largest absolute Gasteiger partial charge is 0.325 e. The fraction of sp³-hybridized carbons (Fsp3) is 1.00. The van der Waals surface area contributed by atoms with Crippen LogP contribution < -0.4 is 5.73 Å². The summed E-state index contributed by atoms with van der Waals surface area (Å²) in [5.74, 6) is 0.686. The first-order valence-electron chi connectivity index (χ1n) is 7.39. The van der Waals surface area contributed by atoms with Crippen LogP contribution in [0.25, 0.3) is 0 Å². The van der Waals surface area contributed by atoms with Gasteiger partial charge in [0.2, 0.25) is 0 Å². The average molecular weight is 355 g/mol. The molecule has 0 aliphatic carbocycles. The normalized spacial score (nSPS) is 13.2. The Morgan fingerprint density at radius 2 is 1.29 bits per heavy atom. The van der Waals surface area contributed by atoms with E-state index in [1.165, 1.54) is 57.8 Å². The molecule has 0 aliphatic rings. The zero-order valence-corrected chi connectivity index (χ0v) is 14.8. The number of unbranched alkanes of at least 4 members (excludes halogenated alkanes) is 3. The summed E-state index contributed by atoms with van der Waals surface area (Å²) in [6, 6.07) is 0. The van der Waals surface area contributed by atoms with Gasteiger partial charge in [0.05, 0.1) is 0 Å². The molecule has 2 N–H and O–H groups in total. The quantitative estimate of drug-likeness (QED) is 0.514. The fourth-order valence-corrected chi connectivity index (χ4v) is 2.43. The lowest BCUT2D eigenvalue weighted by Gasteiger charge is -2.36. The van der Waals surface area contributed by atoms with Gasteiger partial charge in [0, 0.05) is 5.54 Å². The monoisotopic (exact) mass is 355 g/mol. The van der Waals surface area contributed by atoms with E-state index in [0.29, 0.717) is 5.92 Å². The number of hydrogen-bond donors (Lipinski definition) is 1. The Balaban J connectivity index is 0. The highest BCUT2D eigenvalue weighted by molar-refractivity contribution is 14.0. The first-order valence-corrected chi connectivity index (χ1v) is 7.39. The summed E-state index contributed by atoms with van der Waals surface area (Å²) in [4.78, 5) is 0. The second kappa shape index (κ2) is 11.8. The van der Waals surface area contributed by atoms with Crippen molar-refractivity contribution in [3.63, 3.8) is 0 Å². The van der Waals surface area contributed by atoms with Crippen molar-refractivity contribution >= 4 is 24.0 Å². The third-order valence-corrected chi connectivity index (χ3v) is 3.96. The molecule has 0 aromatic carbocycles. The van der Waals surface area contributed by atoms with Crippen LogP contribution in [0.3, 0.4) is 0 Å². The third kappa shape index (κ3) is 8.41. The van der Waals surface area contributed by atoms with Gasteiger partial charge in [0.15, 0.2) is 0 Å². The molecule has 0 amide bonds. The van der Waals surface area contributed by atoms with Crippen LogP contribution in [0.4, 0.5) is 0 Å². The van der Waals surface area contributed by atoms with Crippen molar-refractivity contribution in [2.24, 2.45) is 11.7 Å². The lowest BCUT2D eigenvalue weighted by Crippen LogP contribution is -2.46. The van der Waals surface area contributed by atoms with Gasteiger partial charge in [-0.15, -0.1) is 24.0 Å². The molecule has 0 aromatic rings. The summed E-state index contributed by atoms with van der Waals surface area (Å²) in [6.07, 6.45) is 11.5. The van der Waals surface area contributed by atoms with Gasteiger partial charge in [-0.3, -0.25) is 0 Å². The Kier molecular flexibility index (Phi) is 13.8. The van der Waals surface area contributed by atoms with Crippen LogP contribution in [-0.4, -0.2) is 5.54 Å². The van der Waals surface area contributed by atoms with Crippen LogP contribution in [-0.2, 0) is 0 Å². The number of nitrogens with two attached hydrogens (primary N) is 1. The number of hydrogen-bond acceptors (Lipinski definition) is 1. The number of rotatable bonds is 10. The summed E-state index contributed by atoms with van der Waals surface area (Å²) in [5, 5.41) is 0. The molecule has 1 unspecified atom stereocenters. The molecule has 0 saturated heterocycles. The van der Waals surface area contributed by atoms with Crippen LogP contribution in [0.1, 0.15) is 85.5 Å². The molecule has 106 valence electrons. The summed E-state index contributed by atoms with van der Waals surface area (Å²) in [5.41, 5.74) is 6.77. The molecule has 0 fully saturated rings. The highest BCUT2D eigenvalue weighted by atomic mass is 127. The Bertz CT molecular complexity index is 151. The molecular weight excluding hydrogens is 321 g/mol. The Morgan fingerprint density at radius 3 is 1.65 bits per heavy atom. The molecule has 1 atom stereocenters.